The minimum Gasteiger partial charge on any atom is -0.448 e. The van der Waals surface area contributed by atoms with E-state index < -0.39 is 40.8 Å². The van der Waals surface area contributed by atoms with Crippen LogP contribution in [0, 0.1) is 0 Å². The molecule has 3 amide bonds. The number of nitrogens with zero attached hydrogens (tertiary/aromatic N) is 5. The molecule has 0 bridgehead atoms. The van der Waals surface area contributed by atoms with E-state index in [9.17, 15) is 19.2 Å². The van der Waals surface area contributed by atoms with Crippen LogP contribution in [-0.4, -0.2) is 78.6 Å². The summed E-state index contributed by atoms with van der Waals surface area (Å²) in [6, 6.07) is 47.7. The minimum absolute atomic E-state index is 0.0276. The number of hydrogen-bond acceptors (Lipinski definition) is 15. The highest BCUT2D eigenvalue weighted by Crippen LogP contribution is 2.44. The first kappa shape index (κ1) is 46.7. The second kappa shape index (κ2) is 20.9. The Balaban J connectivity index is 0.993. The molecule has 9 rings (SSSR count). The lowest BCUT2D eigenvalue weighted by molar-refractivity contribution is -0.154. The van der Waals surface area contributed by atoms with E-state index in [2.05, 4.69) is 67.7 Å². The molecule has 2 aliphatic rings. The van der Waals surface area contributed by atoms with Crippen LogP contribution in [0.25, 0.3) is 0 Å². The molecule has 4 heterocycles. The van der Waals surface area contributed by atoms with E-state index in [-0.39, 0.29) is 40.3 Å². The second-order valence-corrected chi connectivity index (χ2v) is 19.2. The lowest BCUT2D eigenvalue weighted by atomic mass is 9.77. The molecule has 3 N–H and O–H groups in total. The SMILES string of the molecule is CON=C(C(=O)NC1C(=O)N2C(C(=O)OC(c3ccccc3)c3ccccc3)=C(CC(=S)c3nnc(NC(C)=O)s3)CSC12)c1csc(NC(c2ccccc2)(c2ccccc2)c2ccccc2)n1. The number of β-lactam (4-membered cyclic amide) rings is 1. The van der Waals surface area contributed by atoms with Gasteiger partial charge in [-0.3, -0.25) is 19.3 Å². The second-order valence-electron chi connectivity index (χ2n) is 15.7. The maximum Gasteiger partial charge on any atom is 0.356 e. The summed E-state index contributed by atoms with van der Waals surface area (Å²) in [7, 11) is 1.33. The third-order valence-electron chi connectivity index (χ3n) is 11.3. The summed E-state index contributed by atoms with van der Waals surface area (Å²) in [5, 5.41) is 23.7. The van der Waals surface area contributed by atoms with Gasteiger partial charge < -0.3 is 25.5 Å². The normalized spacial score (nSPS) is 15.7. The van der Waals surface area contributed by atoms with Gasteiger partial charge in [0.05, 0.1) is 4.86 Å². The number of aromatic nitrogens is 3. The molecule has 14 nitrogen and oxygen atoms in total. The molecule has 0 spiro atoms. The molecular formula is C51H42N8O6S4. The molecule has 5 aromatic carbocycles. The molecule has 7 aromatic rings. The van der Waals surface area contributed by atoms with Crippen molar-refractivity contribution in [1.82, 2.24) is 25.4 Å². The number of carbonyl (C=O) groups excluding carboxylic acids is 4. The maximum atomic E-state index is 14.7. The summed E-state index contributed by atoms with van der Waals surface area (Å²) in [6.07, 6.45) is -0.742. The average Bonchev–Trinajstić information content (AvgIpc) is 4.06. The fourth-order valence-electron chi connectivity index (χ4n) is 8.25. The van der Waals surface area contributed by atoms with Crippen LogP contribution < -0.4 is 16.0 Å². The molecular weight excluding hydrogens is 949 g/mol. The van der Waals surface area contributed by atoms with Gasteiger partial charge in [-0.15, -0.1) is 33.3 Å². The Hall–Kier alpha value is -7.38. The third-order valence-corrected chi connectivity index (χ3v) is 14.8. The van der Waals surface area contributed by atoms with Crippen LogP contribution in [0.4, 0.5) is 10.3 Å². The van der Waals surface area contributed by atoms with E-state index in [0.717, 1.165) is 39.2 Å². The molecule has 2 aliphatic heterocycles. The summed E-state index contributed by atoms with van der Waals surface area (Å²) in [5.74, 6) is -2.03. The molecule has 2 unspecified atom stereocenters. The van der Waals surface area contributed by atoms with Gasteiger partial charge in [0.2, 0.25) is 11.0 Å². The van der Waals surface area contributed by atoms with Crippen LogP contribution in [0.5, 0.6) is 0 Å². The molecule has 0 aliphatic carbocycles. The molecule has 2 aromatic heterocycles. The number of carbonyl (C=O) groups is 4. The summed E-state index contributed by atoms with van der Waals surface area (Å²) in [6.45, 7) is 1.36. The minimum atomic E-state index is -1.05. The Morgan fingerprint density at radius 3 is 1.90 bits per heavy atom. The largest absolute Gasteiger partial charge is 0.448 e. The highest BCUT2D eigenvalue weighted by atomic mass is 32.2. The Kier molecular flexibility index (Phi) is 14.1. The first-order chi connectivity index (χ1) is 33.6. The molecule has 69 heavy (non-hydrogen) atoms. The van der Waals surface area contributed by atoms with Crippen molar-refractivity contribution < 1.29 is 28.8 Å². The van der Waals surface area contributed by atoms with Gasteiger partial charge in [0.1, 0.15) is 35.5 Å². The number of nitrogens with one attached hydrogen (secondary N) is 3. The zero-order chi connectivity index (χ0) is 47.9. The Morgan fingerprint density at radius 2 is 1.36 bits per heavy atom. The predicted molar refractivity (Wildman–Crippen MR) is 272 cm³/mol. The topological polar surface area (TPSA) is 177 Å². The Bertz CT molecular complexity index is 2930. The summed E-state index contributed by atoms with van der Waals surface area (Å²) in [4.78, 5) is 66.9. The fraction of sp³-hybridized carbons (Fsp3) is 0.157. The van der Waals surface area contributed by atoms with Gasteiger partial charge in [-0.25, -0.2) is 9.78 Å². The Labute approximate surface area is 414 Å². The van der Waals surface area contributed by atoms with Crippen molar-refractivity contribution in [3.63, 3.8) is 0 Å². The number of esters is 1. The van der Waals surface area contributed by atoms with Crippen molar-refractivity contribution in [1.29, 1.82) is 0 Å². The van der Waals surface area contributed by atoms with Crippen molar-refractivity contribution in [3.8, 4) is 0 Å². The van der Waals surface area contributed by atoms with Gasteiger partial charge in [-0.05, 0) is 33.4 Å². The lowest BCUT2D eigenvalue weighted by Crippen LogP contribution is -2.71. The van der Waals surface area contributed by atoms with Gasteiger partial charge in [0.25, 0.3) is 11.8 Å². The van der Waals surface area contributed by atoms with E-state index in [1.807, 2.05) is 115 Å². The number of anilines is 2. The van der Waals surface area contributed by atoms with Gasteiger partial charge in [0.15, 0.2) is 22.0 Å². The van der Waals surface area contributed by atoms with Crippen LogP contribution in [0.15, 0.2) is 173 Å². The fourth-order valence-corrected chi connectivity index (χ4v) is 11.4. The quantitative estimate of drug-likeness (QED) is 0.0151. The maximum absolute atomic E-state index is 14.7. The van der Waals surface area contributed by atoms with Crippen LogP contribution in [0.2, 0.25) is 0 Å². The molecule has 2 atom stereocenters. The van der Waals surface area contributed by atoms with Crippen molar-refractivity contribution >= 4 is 91.2 Å². The van der Waals surface area contributed by atoms with E-state index in [1.165, 1.54) is 42.0 Å². The first-order valence-electron chi connectivity index (χ1n) is 21.6. The highest BCUT2D eigenvalue weighted by Gasteiger charge is 2.55. The number of thioether (sulfide) groups is 1. The third kappa shape index (κ3) is 9.82. The molecule has 0 saturated carbocycles. The van der Waals surface area contributed by atoms with E-state index in [4.69, 9.17) is 26.8 Å². The number of hydrogen-bond donors (Lipinski definition) is 3. The number of amides is 3. The molecule has 0 radical (unpaired) electrons. The van der Waals surface area contributed by atoms with Gasteiger partial charge >= 0.3 is 5.97 Å². The van der Waals surface area contributed by atoms with E-state index in [0.29, 0.717) is 20.6 Å². The van der Waals surface area contributed by atoms with Crippen molar-refractivity contribution in [2.45, 2.75) is 36.4 Å². The summed E-state index contributed by atoms with van der Waals surface area (Å²) < 4.78 is 6.34. The van der Waals surface area contributed by atoms with Crippen LogP contribution in [-0.2, 0) is 34.3 Å². The molecule has 1 saturated heterocycles. The van der Waals surface area contributed by atoms with Crippen LogP contribution in [0.3, 0.4) is 0 Å². The lowest BCUT2D eigenvalue weighted by Gasteiger charge is -2.49. The van der Waals surface area contributed by atoms with Crippen molar-refractivity contribution in [2.24, 2.45) is 5.16 Å². The number of rotatable bonds is 17. The molecule has 1 fully saturated rings. The number of thiocarbonyl (C=S) groups is 1. The van der Waals surface area contributed by atoms with Crippen LogP contribution in [0.1, 0.15) is 58.0 Å². The monoisotopic (exact) mass is 990 g/mol. The standard InChI is InChI=1S/C51H42N8O6S4/c1-31(60)52-50-57-56-45(69-50)39(66)28-34-29-67-47-41(46(62)59(47)42(34)48(63)65-43(32-18-8-3-9-19-32)33-20-10-4-11-21-33)54-44(61)40(58-64-2)38-30-68-49(53-38)55-51(35-22-12-5-13-23-35,36-24-14-6-15-25-36)37-26-16-7-17-27-37/h3-27,30,41,43,47H,28-29H2,1-2H3,(H,53,55)(H,54,61)(H,52,57,60). The molecule has 18 heteroatoms. The van der Waals surface area contributed by atoms with Crippen LogP contribution >= 0.6 is 46.7 Å². The van der Waals surface area contributed by atoms with Gasteiger partial charge in [-0.1, -0.05) is 180 Å². The smallest absolute Gasteiger partial charge is 0.356 e. The highest BCUT2D eigenvalue weighted by molar-refractivity contribution is 8.00. The summed E-state index contributed by atoms with van der Waals surface area (Å²) in [5.41, 5.74) is 4.10. The van der Waals surface area contributed by atoms with Gasteiger partial charge in [0, 0.05) is 24.5 Å². The number of oxime groups is 1. The van der Waals surface area contributed by atoms with E-state index >= 15 is 0 Å². The van der Waals surface area contributed by atoms with Gasteiger partial charge in [-0.2, -0.15) is 0 Å². The zero-order valence-electron chi connectivity index (χ0n) is 37.0. The average molecular weight is 991 g/mol. The number of thiazole rings is 1. The Morgan fingerprint density at radius 1 is 0.812 bits per heavy atom. The first-order valence-corrected chi connectivity index (χ1v) is 24.7. The van der Waals surface area contributed by atoms with Crippen molar-refractivity contribution in [3.05, 3.63) is 207 Å². The zero-order valence-corrected chi connectivity index (χ0v) is 40.2. The van der Waals surface area contributed by atoms with Crippen molar-refractivity contribution in [2.75, 3.05) is 23.5 Å². The number of ether oxygens (including phenoxy) is 1. The predicted octanol–water partition coefficient (Wildman–Crippen LogP) is 8.50. The van der Waals surface area contributed by atoms with E-state index in [1.54, 1.807) is 5.38 Å². The number of fused-ring (bicyclic) bond motifs is 1. The summed E-state index contributed by atoms with van der Waals surface area (Å²) >= 11 is 9.57. The molecule has 346 valence electrons. The number of benzene rings is 5.